The molecule has 0 radical (unpaired) electrons. The fourth-order valence-corrected chi connectivity index (χ4v) is 1.18. The highest BCUT2D eigenvalue weighted by molar-refractivity contribution is 6.58. The molecule has 1 aromatic rings. The second kappa shape index (κ2) is 6.30. The second-order valence-electron chi connectivity index (χ2n) is 3.49. The smallest absolute Gasteiger partial charge is 0.462 e. The number of benzene rings is 1. The summed E-state index contributed by atoms with van der Waals surface area (Å²) >= 11 is 0. The van der Waals surface area contributed by atoms with Gasteiger partial charge in [-0.15, -0.1) is 0 Å². The van der Waals surface area contributed by atoms with Gasteiger partial charge in [0.25, 0.3) is 0 Å². The monoisotopic (exact) mass is 222 g/mol. The zero-order valence-electron chi connectivity index (χ0n) is 9.22. The molecular formula is C11H15BO4. The average molecular weight is 222 g/mol. The van der Waals surface area contributed by atoms with Gasteiger partial charge in [-0.1, -0.05) is 25.5 Å². The van der Waals surface area contributed by atoms with E-state index in [2.05, 4.69) is 0 Å². The first kappa shape index (κ1) is 12.7. The molecule has 0 aromatic heterocycles. The molecule has 0 aliphatic heterocycles. The number of hydrogen-bond acceptors (Lipinski definition) is 4. The molecule has 0 amide bonds. The van der Waals surface area contributed by atoms with Crippen LogP contribution in [0.3, 0.4) is 0 Å². The maximum absolute atomic E-state index is 11.5. The number of hydrogen-bond donors (Lipinski definition) is 2. The highest BCUT2D eigenvalue weighted by Gasteiger charge is 2.12. The first-order chi connectivity index (χ1) is 7.65. The highest BCUT2D eigenvalue weighted by atomic mass is 16.5. The number of carbonyl (C=O) groups is 1. The summed E-state index contributed by atoms with van der Waals surface area (Å²) in [6.45, 7) is 2.44. The molecule has 0 aliphatic carbocycles. The first-order valence-electron chi connectivity index (χ1n) is 5.28. The van der Waals surface area contributed by atoms with Gasteiger partial charge in [0.1, 0.15) is 0 Å². The molecule has 4 nitrogen and oxygen atoms in total. The van der Waals surface area contributed by atoms with E-state index in [1.54, 1.807) is 0 Å². The van der Waals surface area contributed by atoms with Gasteiger partial charge in [-0.05, 0) is 24.0 Å². The van der Waals surface area contributed by atoms with Gasteiger partial charge in [0, 0.05) is 0 Å². The van der Waals surface area contributed by atoms with E-state index in [-0.39, 0.29) is 5.97 Å². The number of esters is 1. The van der Waals surface area contributed by atoms with Crippen molar-refractivity contribution in [3.05, 3.63) is 29.8 Å². The first-order valence-corrected chi connectivity index (χ1v) is 5.28. The molecule has 0 fully saturated rings. The summed E-state index contributed by atoms with van der Waals surface area (Å²) < 4.78 is 5.00. The lowest BCUT2D eigenvalue weighted by molar-refractivity contribution is 0.0499. The highest BCUT2D eigenvalue weighted by Crippen LogP contribution is 2.01. The van der Waals surface area contributed by atoms with Crippen LogP contribution in [-0.4, -0.2) is 29.7 Å². The Hall–Kier alpha value is -1.33. The van der Waals surface area contributed by atoms with E-state index in [1.807, 2.05) is 6.92 Å². The molecule has 0 heterocycles. The zero-order valence-corrected chi connectivity index (χ0v) is 9.22. The number of rotatable bonds is 5. The molecule has 0 saturated heterocycles. The summed E-state index contributed by atoms with van der Waals surface area (Å²) in [6.07, 6.45) is 1.82. The Bertz CT molecular complexity index is 334. The van der Waals surface area contributed by atoms with Crippen LogP contribution in [-0.2, 0) is 4.74 Å². The number of ether oxygens (including phenoxy) is 1. The maximum Gasteiger partial charge on any atom is 0.488 e. The lowest BCUT2D eigenvalue weighted by atomic mass is 9.80. The van der Waals surface area contributed by atoms with E-state index < -0.39 is 7.12 Å². The van der Waals surface area contributed by atoms with Gasteiger partial charge in [-0.2, -0.15) is 0 Å². The van der Waals surface area contributed by atoms with Crippen molar-refractivity contribution in [1.82, 2.24) is 0 Å². The normalized spacial score (nSPS) is 9.94. The zero-order chi connectivity index (χ0) is 12.0. The van der Waals surface area contributed by atoms with E-state index in [1.165, 1.54) is 24.3 Å². The van der Waals surface area contributed by atoms with Crippen LogP contribution in [0.1, 0.15) is 30.1 Å². The van der Waals surface area contributed by atoms with Crippen molar-refractivity contribution in [2.24, 2.45) is 0 Å². The minimum absolute atomic E-state index is 0.352. The summed E-state index contributed by atoms with van der Waals surface area (Å²) in [4.78, 5) is 11.5. The molecule has 0 atom stereocenters. The van der Waals surface area contributed by atoms with Crippen LogP contribution >= 0.6 is 0 Å². The summed E-state index contributed by atoms with van der Waals surface area (Å²) in [7, 11) is -1.51. The molecule has 0 unspecified atom stereocenters. The van der Waals surface area contributed by atoms with Crippen LogP contribution in [0, 0.1) is 0 Å². The lowest BCUT2D eigenvalue weighted by Gasteiger charge is -2.04. The predicted molar refractivity (Wildman–Crippen MR) is 61.5 cm³/mol. The maximum atomic E-state index is 11.5. The average Bonchev–Trinajstić information content (AvgIpc) is 2.29. The Balaban J connectivity index is 2.56. The van der Waals surface area contributed by atoms with Crippen LogP contribution in [0.5, 0.6) is 0 Å². The fourth-order valence-electron chi connectivity index (χ4n) is 1.18. The molecule has 16 heavy (non-hydrogen) atoms. The topological polar surface area (TPSA) is 66.8 Å². The Labute approximate surface area is 95.0 Å². The van der Waals surface area contributed by atoms with E-state index in [4.69, 9.17) is 14.8 Å². The summed E-state index contributed by atoms with van der Waals surface area (Å²) in [5.74, 6) is -0.382. The summed E-state index contributed by atoms with van der Waals surface area (Å²) in [5, 5.41) is 17.7. The molecular weight excluding hydrogens is 207 g/mol. The van der Waals surface area contributed by atoms with Crippen LogP contribution in [0.2, 0.25) is 0 Å². The van der Waals surface area contributed by atoms with Gasteiger partial charge in [-0.3, -0.25) is 0 Å². The predicted octanol–water partition coefficient (Wildman–Crippen LogP) is 0.323. The quantitative estimate of drug-likeness (QED) is 0.427. The molecule has 0 saturated carbocycles. The van der Waals surface area contributed by atoms with Gasteiger partial charge in [0.2, 0.25) is 0 Å². The molecule has 0 spiro atoms. The van der Waals surface area contributed by atoms with Crippen molar-refractivity contribution in [2.45, 2.75) is 19.8 Å². The third-order valence-electron chi connectivity index (χ3n) is 2.18. The van der Waals surface area contributed by atoms with Gasteiger partial charge in [0.15, 0.2) is 0 Å². The van der Waals surface area contributed by atoms with Crippen LogP contribution in [0.15, 0.2) is 24.3 Å². The fraction of sp³-hybridized carbons (Fsp3) is 0.364. The Kier molecular flexibility index (Phi) is 5.02. The molecule has 2 N–H and O–H groups in total. The third kappa shape index (κ3) is 3.68. The van der Waals surface area contributed by atoms with E-state index in [0.717, 1.165) is 12.8 Å². The van der Waals surface area contributed by atoms with E-state index in [0.29, 0.717) is 17.6 Å². The van der Waals surface area contributed by atoms with Crippen molar-refractivity contribution in [1.29, 1.82) is 0 Å². The van der Waals surface area contributed by atoms with Crippen molar-refractivity contribution in [3.63, 3.8) is 0 Å². The largest absolute Gasteiger partial charge is 0.488 e. The second-order valence-corrected chi connectivity index (χ2v) is 3.49. The van der Waals surface area contributed by atoms with Crippen molar-refractivity contribution >= 4 is 18.6 Å². The summed E-state index contributed by atoms with van der Waals surface area (Å²) in [5.41, 5.74) is 0.769. The molecule has 1 aromatic carbocycles. The molecule has 5 heteroatoms. The molecule has 0 aliphatic rings. The van der Waals surface area contributed by atoms with Crippen LogP contribution in [0.4, 0.5) is 0 Å². The van der Waals surface area contributed by atoms with Gasteiger partial charge < -0.3 is 14.8 Å². The molecule has 0 bridgehead atoms. The van der Waals surface area contributed by atoms with Crippen LogP contribution < -0.4 is 5.46 Å². The molecule has 1 rings (SSSR count). The SMILES string of the molecule is CCCCOC(=O)c1ccc(B(O)O)cc1. The Morgan fingerprint density at radius 2 is 1.94 bits per heavy atom. The van der Waals surface area contributed by atoms with Gasteiger partial charge >= 0.3 is 13.1 Å². The van der Waals surface area contributed by atoms with Crippen molar-refractivity contribution in [2.75, 3.05) is 6.61 Å². The van der Waals surface area contributed by atoms with E-state index >= 15 is 0 Å². The number of carbonyl (C=O) groups excluding carboxylic acids is 1. The van der Waals surface area contributed by atoms with E-state index in [9.17, 15) is 4.79 Å². The summed E-state index contributed by atoms with van der Waals surface area (Å²) in [6, 6.07) is 6.01. The Morgan fingerprint density at radius 1 is 1.31 bits per heavy atom. The standard InChI is InChI=1S/C11H15BO4/c1-2-3-8-16-11(13)9-4-6-10(7-5-9)12(14)15/h4-7,14-15H,2-3,8H2,1H3. The van der Waals surface area contributed by atoms with Crippen LogP contribution in [0.25, 0.3) is 0 Å². The van der Waals surface area contributed by atoms with Gasteiger partial charge in [-0.25, -0.2) is 4.79 Å². The van der Waals surface area contributed by atoms with Crippen molar-refractivity contribution < 1.29 is 19.6 Å². The number of unbranched alkanes of at least 4 members (excludes halogenated alkanes) is 1. The lowest BCUT2D eigenvalue weighted by Crippen LogP contribution is -2.29. The molecule has 86 valence electrons. The minimum Gasteiger partial charge on any atom is -0.462 e. The van der Waals surface area contributed by atoms with Crippen molar-refractivity contribution in [3.8, 4) is 0 Å². The Morgan fingerprint density at radius 3 is 2.44 bits per heavy atom. The van der Waals surface area contributed by atoms with Gasteiger partial charge in [0.05, 0.1) is 12.2 Å². The minimum atomic E-state index is -1.51. The third-order valence-corrected chi connectivity index (χ3v) is 2.18.